The summed E-state index contributed by atoms with van der Waals surface area (Å²) in [5.41, 5.74) is -0.362. The summed E-state index contributed by atoms with van der Waals surface area (Å²) >= 11 is 0. The van der Waals surface area contributed by atoms with Crippen molar-refractivity contribution in [3.8, 4) is 0 Å². The highest BCUT2D eigenvalue weighted by Crippen LogP contribution is 2.43. The fourth-order valence-corrected chi connectivity index (χ4v) is 2.40. The van der Waals surface area contributed by atoms with E-state index >= 15 is 0 Å². The minimum absolute atomic E-state index is 0.0211. The molecule has 0 heterocycles. The normalized spacial score (nSPS) is 16.9. The van der Waals surface area contributed by atoms with Crippen LogP contribution < -0.4 is 10.6 Å². The second kappa shape index (κ2) is 7.51. The molecule has 0 radical (unpaired) electrons. The predicted octanol–water partition coefficient (Wildman–Crippen LogP) is 2.66. The average Bonchev–Trinajstić information content (AvgIpc) is 2.30. The lowest BCUT2D eigenvalue weighted by molar-refractivity contribution is -0.141. The Kier molecular flexibility index (Phi) is 6.29. The molecule has 21 heavy (non-hydrogen) atoms. The Balaban J connectivity index is 2.12. The molecule has 1 fully saturated rings. The average molecular weight is 310 g/mol. The van der Waals surface area contributed by atoms with Crippen molar-refractivity contribution < 1.29 is 27.9 Å². The number of alkyl halides is 3. The van der Waals surface area contributed by atoms with Gasteiger partial charge in [0, 0.05) is 19.5 Å². The second-order valence-electron chi connectivity index (χ2n) is 5.61. The monoisotopic (exact) mass is 310 g/mol. The van der Waals surface area contributed by atoms with Gasteiger partial charge in [0.15, 0.2) is 0 Å². The first kappa shape index (κ1) is 17.6. The van der Waals surface area contributed by atoms with E-state index in [0.29, 0.717) is 0 Å². The van der Waals surface area contributed by atoms with Crippen LogP contribution in [0, 0.1) is 5.41 Å². The summed E-state index contributed by atoms with van der Waals surface area (Å²) in [5, 5.41) is 13.9. The van der Waals surface area contributed by atoms with Gasteiger partial charge in [-0.15, -0.1) is 0 Å². The predicted molar refractivity (Wildman–Crippen MR) is 69.8 cm³/mol. The maximum absolute atomic E-state index is 11.9. The van der Waals surface area contributed by atoms with Crippen molar-refractivity contribution in [3.05, 3.63) is 0 Å². The standard InChI is InChI=1S/C13H21F3N2O3/c14-13(15,16)6-1-2-7-17-11(21)18-9-12(4-3-5-12)8-10(19)20/h1-9H2,(H,19,20)(H2,17,18,21). The Morgan fingerprint density at radius 3 is 2.29 bits per heavy atom. The minimum Gasteiger partial charge on any atom is -0.481 e. The van der Waals surface area contributed by atoms with Gasteiger partial charge in [-0.05, 0) is 31.1 Å². The van der Waals surface area contributed by atoms with Gasteiger partial charge in [-0.1, -0.05) is 6.42 Å². The van der Waals surface area contributed by atoms with Crippen LogP contribution in [-0.4, -0.2) is 36.4 Å². The molecule has 5 nitrogen and oxygen atoms in total. The van der Waals surface area contributed by atoms with Gasteiger partial charge in [-0.2, -0.15) is 13.2 Å². The van der Waals surface area contributed by atoms with Crippen LogP contribution in [0.25, 0.3) is 0 Å². The first-order valence-electron chi connectivity index (χ1n) is 7.03. The number of amides is 2. The quantitative estimate of drug-likeness (QED) is 0.603. The number of carboxylic acids is 1. The first-order valence-corrected chi connectivity index (χ1v) is 7.03. The minimum atomic E-state index is -4.16. The van der Waals surface area contributed by atoms with Crippen molar-refractivity contribution in [1.29, 1.82) is 0 Å². The summed E-state index contributed by atoms with van der Waals surface area (Å²) in [6.45, 7) is 0.460. The molecule has 1 rings (SSSR count). The van der Waals surface area contributed by atoms with Crippen molar-refractivity contribution >= 4 is 12.0 Å². The Morgan fingerprint density at radius 1 is 1.14 bits per heavy atom. The van der Waals surface area contributed by atoms with Crippen molar-refractivity contribution in [2.75, 3.05) is 13.1 Å². The van der Waals surface area contributed by atoms with Crippen molar-refractivity contribution in [2.45, 2.75) is 51.1 Å². The van der Waals surface area contributed by atoms with E-state index in [1.54, 1.807) is 0 Å². The zero-order valence-corrected chi connectivity index (χ0v) is 11.8. The third-order valence-electron chi connectivity index (χ3n) is 3.74. The van der Waals surface area contributed by atoms with Crippen molar-refractivity contribution in [1.82, 2.24) is 10.6 Å². The molecule has 122 valence electrons. The molecule has 0 bridgehead atoms. The number of rotatable bonds is 8. The molecule has 8 heteroatoms. The number of unbranched alkanes of at least 4 members (excludes halogenated alkanes) is 1. The molecule has 1 aliphatic carbocycles. The number of aliphatic carboxylic acids is 1. The van der Waals surface area contributed by atoms with E-state index in [-0.39, 0.29) is 37.8 Å². The number of urea groups is 1. The molecule has 0 unspecified atom stereocenters. The fraction of sp³-hybridized carbons (Fsp3) is 0.846. The topological polar surface area (TPSA) is 78.4 Å². The Bertz CT molecular complexity index is 368. The van der Waals surface area contributed by atoms with E-state index in [9.17, 15) is 22.8 Å². The summed E-state index contributed by atoms with van der Waals surface area (Å²) in [6.07, 6.45) is -2.25. The molecule has 2 amide bonds. The molecule has 0 atom stereocenters. The summed E-state index contributed by atoms with van der Waals surface area (Å²) in [5.74, 6) is -0.885. The second-order valence-corrected chi connectivity index (χ2v) is 5.61. The zero-order chi connectivity index (χ0) is 15.9. The highest BCUT2D eigenvalue weighted by atomic mass is 19.4. The van der Waals surface area contributed by atoms with Gasteiger partial charge in [0.05, 0.1) is 6.42 Å². The first-order chi connectivity index (χ1) is 9.72. The van der Waals surface area contributed by atoms with E-state index in [1.165, 1.54) is 0 Å². The SMILES string of the molecule is O=C(O)CC1(CNC(=O)NCCCCC(F)(F)F)CCC1. The maximum atomic E-state index is 11.9. The van der Waals surface area contributed by atoms with Crippen LogP contribution in [-0.2, 0) is 4.79 Å². The van der Waals surface area contributed by atoms with Gasteiger partial charge < -0.3 is 15.7 Å². The van der Waals surface area contributed by atoms with E-state index < -0.39 is 24.6 Å². The smallest absolute Gasteiger partial charge is 0.389 e. The third kappa shape index (κ3) is 7.19. The fourth-order valence-electron chi connectivity index (χ4n) is 2.40. The number of carbonyl (C=O) groups is 2. The lowest BCUT2D eigenvalue weighted by Gasteiger charge is -2.40. The molecule has 1 aliphatic rings. The Morgan fingerprint density at radius 2 is 1.81 bits per heavy atom. The van der Waals surface area contributed by atoms with Crippen molar-refractivity contribution in [3.63, 3.8) is 0 Å². The molecule has 0 aromatic carbocycles. The number of nitrogens with one attached hydrogen (secondary N) is 2. The van der Waals surface area contributed by atoms with Crippen LogP contribution in [0.4, 0.5) is 18.0 Å². The summed E-state index contributed by atoms with van der Waals surface area (Å²) < 4.78 is 35.7. The molecular formula is C13H21F3N2O3. The number of hydrogen-bond donors (Lipinski definition) is 3. The summed E-state index contributed by atoms with van der Waals surface area (Å²) in [7, 11) is 0. The molecule has 0 spiro atoms. The lowest BCUT2D eigenvalue weighted by atomic mass is 9.66. The molecule has 0 aliphatic heterocycles. The van der Waals surface area contributed by atoms with E-state index in [0.717, 1.165) is 19.3 Å². The molecule has 0 aromatic rings. The van der Waals surface area contributed by atoms with Gasteiger partial charge in [0.1, 0.15) is 0 Å². The highest BCUT2D eigenvalue weighted by molar-refractivity contribution is 5.74. The highest BCUT2D eigenvalue weighted by Gasteiger charge is 2.39. The Labute approximate surface area is 121 Å². The van der Waals surface area contributed by atoms with Crippen LogP contribution in [0.2, 0.25) is 0 Å². The van der Waals surface area contributed by atoms with Gasteiger partial charge in [0.2, 0.25) is 0 Å². The van der Waals surface area contributed by atoms with Crippen LogP contribution in [0.1, 0.15) is 44.9 Å². The number of carboxylic acid groups (broad SMARTS) is 1. The summed E-state index contributed by atoms with van der Waals surface area (Å²) in [4.78, 5) is 22.2. The molecule has 0 saturated heterocycles. The maximum Gasteiger partial charge on any atom is 0.389 e. The van der Waals surface area contributed by atoms with Gasteiger partial charge >= 0.3 is 18.2 Å². The van der Waals surface area contributed by atoms with Crippen molar-refractivity contribution in [2.24, 2.45) is 5.41 Å². The van der Waals surface area contributed by atoms with Crippen LogP contribution in [0.15, 0.2) is 0 Å². The summed E-state index contributed by atoms with van der Waals surface area (Å²) in [6, 6.07) is -0.460. The van der Waals surface area contributed by atoms with Crippen LogP contribution in [0.3, 0.4) is 0 Å². The van der Waals surface area contributed by atoms with Gasteiger partial charge in [-0.3, -0.25) is 4.79 Å². The van der Waals surface area contributed by atoms with E-state index in [2.05, 4.69) is 10.6 Å². The van der Waals surface area contributed by atoms with Crippen LogP contribution >= 0.6 is 0 Å². The van der Waals surface area contributed by atoms with Crippen LogP contribution in [0.5, 0.6) is 0 Å². The lowest BCUT2D eigenvalue weighted by Crippen LogP contribution is -2.46. The Hall–Kier alpha value is -1.47. The molecule has 0 aromatic heterocycles. The number of carbonyl (C=O) groups excluding carboxylic acids is 1. The van der Waals surface area contributed by atoms with Gasteiger partial charge in [0.25, 0.3) is 0 Å². The van der Waals surface area contributed by atoms with Gasteiger partial charge in [-0.25, -0.2) is 4.79 Å². The van der Waals surface area contributed by atoms with E-state index in [1.807, 2.05) is 0 Å². The molecular weight excluding hydrogens is 289 g/mol. The third-order valence-corrected chi connectivity index (χ3v) is 3.74. The molecule has 1 saturated carbocycles. The number of halogens is 3. The molecule has 3 N–H and O–H groups in total. The largest absolute Gasteiger partial charge is 0.481 e. The van der Waals surface area contributed by atoms with E-state index in [4.69, 9.17) is 5.11 Å². The number of hydrogen-bond acceptors (Lipinski definition) is 2. The zero-order valence-electron chi connectivity index (χ0n) is 11.8.